The molecule has 0 atom stereocenters. The molecule has 3 heteroatoms. The maximum Gasteiger partial charge on any atom is 0.244 e. The quantitative estimate of drug-likeness (QED) is 0.812. The van der Waals surface area contributed by atoms with Gasteiger partial charge in [-0.05, 0) is 31.1 Å². The van der Waals surface area contributed by atoms with Crippen LogP contribution in [-0.2, 0) is 4.79 Å². The zero-order valence-electron chi connectivity index (χ0n) is 11.5. The third kappa shape index (κ3) is 4.62. The Labute approximate surface area is 109 Å². The van der Waals surface area contributed by atoms with Crippen molar-refractivity contribution in [3.05, 3.63) is 35.4 Å². The molecule has 3 nitrogen and oxygen atoms in total. The molecule has 0 saturated heterocycles. The fraction of sp³-hybridized carbons (Fsp3) is 0.400. The van der Waals surface area contributed by atoms with Gasteiger partial charge in [-0.25, -0.2) is 0 Å². The fourth-order valence-corrected chi connectivity index (χ4v) is 1.51. The molecule has 0 aliphatic rings. The largest absolute Gasteiger partial charge is 0.496 e. The fourth-order valence-electron chi connectivity index (χ4n) is 1.51. The van der Waals surface area contributed by atoms with E-state index in [1.165, 1.54) is 0 Å². The van der Waals surface area contributed by atoms with E-state index in [0.29, 0.717) is 12.5 Å². The summed E-state index contributed by atoms with van der Waals surface area (Å²) in [6, 6.07) is 5.88. The highest BCUT2D eigenvalue weighted by Gasteiger charge is 2.01. The van der Waals surface area contributed by atoms with Crippen molar-refractivity contribution in [3.63, 3.8) is 0 Å². The zero-order chi connectivity index (χ0) is 13.5. The molecule has 0 saturated carbocycles. The second-order valence-corrected chi connectivity index (χ2v) is 4.72. The standard InChI is InChI=1S/C15H21NO2/c1-11(2)10-16-15(17)8-6-13-9-12(3)5-7-14(13)18-4/h5-9,11H,10H2,1-4H3,(H,16,17). The summed E-state index contributed by atoms with van der Waals surface area (Å²) in [6.07, 6.45) is 3.32. The van der Waals surface area contributed by atoms with Gasteiger partial charge in [0.15, 0.2) is 0 Å². The third-order valence-corrected chi connectivity index (χ3v) is 2.48. The van der Waals surface area contributed by atoms with Gasteiger partial charge in [0.05, 0.1) is 7.11 Å². The van der Waals surface area contributed by atoms with Crippen LogP contribution in [0.2, 0.25) is 0 Å². The minimum Gasteiger partial charge on any atom is -0.496 e. The summed E-state index contributed by atoms with van der Waals surface area (Å²) in [5, 5.41) is 2.84. The Morgan fingerprint density at radius 1 is 1.44 bits per heavy atom. The van der Waals surface area contributed by atoms with Gasteiger partial charge in [0.25, 0.3) is 0 Å². The number of hydrogen-bond donors (Lipinski definition) is 1. The molecule has 0 spiro atoms. The number of carbonyl (C=O) groups is 1. The number of ether oxygens (including phenoxy) is 1. The first-order valence-corrected chi connectivity index (χ1v) is 6.13. The van der Waals surface area contributed by atoms with E-state index in [2.05, 4.69) is 19.2 Å². The first-order valence-electron chi connectivity index (χ1n) is 6.13. The molecule has 0 fully saturated rings. The molecule has 18 heavy (non-hydrogen) atoms. The summed E-state index contributed by atoms with van der Waals surface area (Å²) in [6.45, 7) is 6.82. The van der Waals surface area contributed by atoms with Crippen LogP contribution in [-0.4, -0.2) is 19.6 Å². The predicted molar refractivity (Wildman–Crippen MR) is 74.6 cm³/mol. The molecule has 1 N–H and O–H groups in total. The molecule has 98 valence electrons. The van der Waals surface area contributed by atoms with E-state index in [1.807, 2.05) is 25.1 Å². The highest BCUT2D eigenvalue weighted by molar-refractivity contribution is 5.92. The Morgan fingerprint density at radius 2 is 2.17 bits per heavy atom. The van der Waals surface area contributed by atoms with E-state index < -0.39 is 0 Å². The topological polar surface area (TPSA) is 38.3 Å². The summed E-state index contributed by atoms with van der Waals surface area (Å²) >= 11 is 0. The normalized spacial score (nSPS) is 10.9. The molecule has 0 aromatic heterocycles. The molecule has 1 rings (SSSR count). The van der Waals surface area contributed by atoms with Crippen LogP contribution >= 0.6 is 0 Å². The van der Waals surface area contributed by atoms with Gasteiger partial charge in [-0.2, -0.15) is 0 Å². The van der Waals surface area contributed by atoms with Crippen molar-refractivity contribution in [2.45, 2.75) is 20.8 Å². The Morgan fingerprint density at radius 3 is 2.78 bits per heavy atom. The molecule has 1 amide bonds. The third-order valence-electron chi connectivity index (χ3n) is 2.48. The molecule has 1 aromatic carbocycles. The van der Waals surface area contributed by atoms with Crippen molar-refractivity contribution in [2.24, 2.45) is 5.92 Å². The van der Waals surface area contributed by atoms with E-state index >= 15 is 0 Å². The summed E-state index contributed by atoms with van der Waals surface area (Å²) < 4.78 is 5.25. The van der Waals surface area contributed by atoms with Gasteiger partial charge in [-0.15, -0.1) is 0 Å². The smallest absolute Gasteiger partial charge is 0.244 e. The van der Waals surface area contributed by atoms with E-state index in [4.69, 9.17) is 4.74 Å². The maximum atomic E-state index is 11.6. The Balaban J connectivity index is 2.71. The summed E-state index contributed by atoms with van der Waals surface area (Å²) in [4.78, 5) is 11.6. The number of carbonyl (C=O) groups excluding carboxylic acids is 1. The number of hydrogen-bond acceptors (Lipinski definition) is 2. The Hall–Kier alpha value is -1.77. The van der Waals surface area contributed by atoms with E-state index in [-0.39, 0.29) is 5.91 Å². The van der Waals surface area contributed by atoms with Crippen molar-refractivity contribution in [1.82, 2.24) is 5.32 Å². The second-order valence-electron chi connectivity index (χ2n) is 4.72. The minimum atomic E-state index is -0.0766. The number of aryl methyl sites for hydroxylation is 1. The molecule has 0 aliphatic carbocycles. The van der Waals surface area contributed by atoms with Crippen LogP contribution in [0, 0.1) is 12.8 Å². The lowest BCUT2D eigenvalue weighted by Crippen LogP contribution is -2.25. The van der Waals surface area contributed by atoms with Crippen LogP contribution in [0.3, 0.4) is 0 Å². The molecular formula is C15H21NO2. The second kappa shape index (κ2) is 6.84. The van der Waals surface area contributed by atoms with Crippen molar-refractivity contribution < 1.29 is 9.53 Å². The molecule has 0 unspecified atom stereocenters. The first kappa shape index (κ1) is 14.3. The average Bonchev–Trinajstić information content (AvgIpc) is 2.34. The molecule has 0 radical (unpaired) electrons. The Kier molecular flexibility index (Phi) is 5.43. The monoisotopic (exact) mass is 247 g/mol. The number of benzene rings is 1. The van der Waals surface area contributed by atoms with Gasteiger partial charge >= 0.3 is 0 Å². The van der Waals surface area contributed by atoms with Gasteiger partial charge in [-0.1, -0.05) is 25.5 Å². The highest BCUT2D eigenvalue weighted by Crippen LogP contribution is 2.20. The number of amides is 1. The number of nitrogens with one attached hydrogen (secondary N) is 1. The summed E-state index contributed by atoms with van der Waals surface area (Å²) in [7, 11) is 1.63. The van der Waals surface area contributed by atoms with E-state index in [9.17, 15) is 4.79 Å². The van der Waals surface area contributed by atoms with Crippen molar-refractivity contribution in [2.75, 3.05) is 13.7 Å². The van der Waals surface area contributed by atoms with Crippen LogP contribution < -0.4 is 10.1 Å². The lowest BCUT2D eigenvalue weighted by atomic mass is 10.1. The molecule has 0 heterocycles. The Bertz CT molecular complexity index is 436. The minimum absolute atomic E-state index is 0.0766. The average molecular weight is 247 g/mol. The van der Waals surface area contributed by atoms with Gasteiger partial charge in [0.2, 0.25) is 5.91 Å². The first-order chi connectivity index (χ1) is 8.52. The van der Waals surface area contributed by atoms with Gasteiger partial charge < -0.3 is 10.1 Å². The molecule has 0 bridgehead atoms. The van der Waals surface area contributed by atoms with Crippen LogP contribution in [0.25, 0.3) is 6.08 Å². The van der Waals surface area contributed by atoms with Gasteiger partial charge in [-0.3, -0.25) is 4.79 Å². The maximum absolute atomic E-state index is 11.6. The molecule has 1 aromatic rings. The molecule has 0 aliphatic heterocycles. The van der Waals surface area contributed by atoms with E-state index in [1.54, 1.807) is 19.3 Å². The summed E-state index contributed by atoms with van der Waals surface area (Å²) in [5.74, 6) is 1.15. The SMILES string of the molecule is COc1ccc(C)cc1C=CC(=O)NCC(C)C. The van der Waals surface area contributed by atoms with Crippen molar-refractivity contribution >= 4 is 12.0 Å². The van der Waals surface area contributed by atoms with Crippen LogP contribution in [0.15, 0.2) is 24.3 Å². The van der Waals surface area contributed by atoms with Crippen LogP contribution in [0.1, 0.15) is 25.0 Å². The van der Waals surface area contributed by atoms with Crippen molar-refractivity contribution in [1.29, 1.82) is 0 Å². The van der Waals surface area contributed by atoms with Crippen LogP contribution in [0.5, 0.6) is 5.75 Å². The van der Waals surface area contributed by atoms with Crippen LogP contribution in [0.4, 0.5) is 0 Å². The van der Waals surface area contributed by atoms with Gasteiger partial charge in [0.1, 0.15) is 5.75 Å². The number of rotatable bonds is 5. The van der Waals surface area contributed by atoms with Crippen molar-refractivity contribution in [3.8, 4) is 5.75 Å². The lowest BCUT2D eigenvalue weighted by molar-refractivity contribution is -0.116. The predicted octanol–water partition coefficient (Wildman–Crippen LogP) is 2.79. The highest BCUT2D eigenvalue weighted by atomic mass is 16.5. The molecular weight excluding hydrogens is 226 g/mol. The summed E-state index contributed by atoms with van der Waals surface area (Å²) in [5.41, 5.74) is 2.05. The number of methoxy groups -OCH3 is 1. The van der Waals surface area contributed by atoms with Gasteiger partial charge in [0, 0.05) is 18.2 Å². The zero-order valence-corrected chi connectivity index (χ0v) is 11.5. The lowest BCUT2D eigenvalue weighted by Gasteiger charge is -2.06. The van der Waals surface area contributed by atoms with E-state index in [0.717, 1.165) is 16.9 Å².